The highest BCUT2D eigenvalue weighted by Crippen LogP contribution is 2.40. The Bertz CT molecular complexity index is 1090. The maximum atomic E-state index is 13.1. The Morgan fingerprint density at radius 3 is 2.30 bits per heavy atom. The minimum atomic E-state index is -0.187. The number of carbonyl (C=O) groups is 1. The van der Waals surface area contributed by atoms with Gasteiger partial charge >= 0.3 is 0 Å². The number of anilines is 1. The summed E-state index contributed by atoms with van der Waals surface area (Å²) in [5, 5.41) is 11.4. The van der Waals surface area contributed by atoms with Crippen molar-refractivity contribution < 1.29 is 13.9 Å². The van der Waals surface area contributed by atoms with Crippen LogP contribution in [0.5, 0.6) is 5.88 Å². The van der Waals surface area contributed by atoms with Gasteiger partial charge in [-0.1, -0.05) is 24.3 Å². The zero-order chi connectivity index (χ0) is 22.8. The molecule has 0 spiro atoms. The number of ether oxygens (including phenoxy) is 1. The zero-order valence-corrected chi connectivity index (χ0v) is 18.6. The highest BCUT2D eigenvalue weighted by Gasteiger charge is 2.41. The molecule has 1 aliphatic heterocycles. The van der Waals surface area contributed by atoms with Crippen LogP contribution < -0.4 is 10.1 Å². The quantitative estimate of drug-likeness (QED) is 0.603. The van der Waals surface area contributed by atoms with Gasteiger partial charge in [0.15, 0.2) is 0 Å². The van der Waals surface area contributed by atoms with Crippen LogP contribution in [0.1, 0.15) is 25.3 Å². The van der Waals surface area contributed by atoms with Crippen LogP contribution in [0, 0.1) is 17.7 Å². The summed E-state index contributed by atoms with van der Waals surface area (Å²) >= 11 is 0. The Kier molecular flexibility index (Phi) is 6.05. The van der Waals surface area contributed by atoms with Crippen LogP contribution in [0.4, 0.5) is 10.1 Å². The molecule has 2 aliphatic rings. The Balaban J connectivity index is 1.13. The van der Waals surface area contributed by atoms with Gasteiger partial charge in [-0.15, -0.1) is 10.2 Å². The summed E-state index contributed by atoms with van der Waals surface area (Å²) < 4.78 is 19.3. The number of hydrogen-bond donors (Lipinski definition) is 1. The molecule has 170 valence electrons. The molecule has 33 heavy (non-hydrogen) atoms. The van der Waals surface area contributed by atoms with Crippen molar-refractivity contribution in [1.29, 1.82) is 0 Å². The van der Waals surface area contributed by atoms with E-state index in [-0.39, 0.29) is 17.8 Å². The molecule has 1 aliphatic carbocycles. The molecule has 1 amide bonds. The van der Waals surface area contributed by atoms with Crippen molar-refractivity contribution in [1.82, 2.24) is 15.1 Å². The molecule has 3 atom stereocenters. The third-order valence-corrected chi connectivity index (χ3v) is 6.53. The predicted molar refractivity (Wildman–Crippen MR) is 124 cm³/mol. The standard InChI is InChI=1S/C26H27FN4O2/c1-17(32)28-23-8-4-19(5-9-23)25-10-11-26(30-29-25)33-24-12-20-15-31(16-21(20)13-24)14-18-2-6-22(27)7-3-18/h2-11,20-21,24H,12-16H2,1H3,(H,28,32)/t20-,21+,24+. The average Bonchev–Trinajstić information content (AvgIpc) is 3.34. The number of benzene rings is 2. The van der Waals surface area contributed by atoms with Crippen LogP contribution in [0.25, 0.3) is 11.3 Å². The molecule has 1 saturated heterocycles. The summed E-state index contributed by atoms with van der Waals surface area (Å²) in [5.74, 6) is 1.53. The van der Waals surface area contributed by atoms with E-state index in [1.165, 1.54) is 19.1 Å². The summed E-state index contributed by atoms with van der Waals surface area (Å²) in [7, 11) is 0. The van der Waals surface area contributed by atoms with Crippen molar-refractivity contribution >= 4 is 11.6 Å². The lowest BCUT2D eigenvalue weighted by molar-refractivity contribution is -0.114. The van der Waals surface area contributed by atoms with Crippen LogP contribution in [-0.4, -0.2) is 40.2 Å². The number of rotatable bonds is 6. The van der Waals surface area contributed by atoms with Crippen molar-refractivity contribution in [2.45, 2.75) is 32.4 Å². The van der Waals surface area contributed by atoms with Gasteiger partial charge in [0.05, 0.1) is 5.69 Å². The number of likely N-dealkylation sites (tertiary alicyclic amines) is 1. The number of nitrogens with zero attached hydrogens (tertiary/aromatic N) is 3. The number of fused-ring (bicyclic) bond motifs is 1. The first-order valence-electron chi connectivity index (χ1n) is 11.4. The van der Waals surface area contributed by atoms with E-state index in [4.69, 9.17) is 4.74 Å². The highest BCUT2D eigenvalue weighted by molar-refractivity contribution is 5.88. The van der Waals surface area contributed by atoms with E-state index in [1.807, 2.05) is 48.5 Å². The van der Waals surface area contributed by atoms with E-state index in [0.717, 1.165) is 55.0 Å². The number of aromatic nitrogens is 2. The van der Waals surface area contributed by atoms with Gasteiger partial charge in [-0.3, -0.25) is 9.69 Å². The zero-order valence-electron chi connectivity index (χ0n) is 18.6. The summed E-state index contributed by atoms with van der Waals surface area (Å²) in [5.41, 5.74) is 3.60. The molecule has 2 aromatic carbocycles. The molecule has 2 fully saturated rings. The molecule has 0 bridgehead atoms. The van der Waals surface area contributed by atoms with Crippen molar-refractivity contribution in [3.63, 3.8) is 0 Å². The minimum Gasteiger partial charge on any atom is -0.473 e. The number of halogens is 1. The lowest BCUT2D eigenvalue weighted by atomic mass is 10.0. The maximum Gasteiger partial charge on any atom is 0.233 e. The average molecular weight is 447 g/mol. The molecule has 2 heterocycles. The molecule has 0 radical (unpaired) electrons. The fraction of sp³-hybridized carbons (Fsp3) is 0.346. The first kappa shape index (κ1) is 21.5. The highest BCUT2D eigenvalue weighted by atomic mass is 19.1. The normalized spacial score (nSPS) is 22.2. The SMILES string of the molecule is CC(=O)Nc1ccc(-c2ccc(O[C@H]3C[C@@H]4CN(Cc5ccc(F)cc5)C[C@@H]4C3)nn2)cc1. The number of carbonyl (C=O) groups excluding carboxylic acids is 1. The second kappa shape index (κ2) is 9.27. The van der Waals surface area contributed by atoms with Crippen molar-refractivity contribution in [2.75, 3.05) is 18.4 Å². The fourth-order valence-electron chi connectivity index (χ4n) is 5.05. The molecule has 7 heteroatoms. The van der Waals surface area contributed by atoms with Gasteiger partial charge in [0.1, 0.15) is 11.9 Å². The second-order valence-electron chi connectivity index (χ2n) is 9.07. The monoisotopic (exact) mass is 446 g/mol. The molecule has 1 N–H and O–H groups in total. The van der Waals surface area contributed by atoms with E-state index >= 15 is 0 Å². The third-order valence-electron chi connectivity index (χ3n) is 6.53. The van der Waals surface area contributed by atoms with Crippen LogP contribution in [0.3, 0.4) is 0 Å². The van der Waals surface area contributed by atoms with E-state index in [0.29, 0.717) is 17.7 Å². The minimum absolute atomic E-state index is 0.0966. The lowest BCUT2D eigenvalue weighted by Gasteiger charge is -2.19. The molecule has 0 unspecified atom stereocenters. The molecule has 6 nitrogen and oxygen atoms in total. The molecule has 1 aromatic heterocycles. The van der Waals surface area contributed by atoms with Crippen molar-refractivity contribution in [3.8, 4) is 17.1 Å². The Labute approximate surface area is 192 Å². The van der Waals surface area contributed by atoms with Crippen LogP contribution >= 0.6 is 0 Å². The molecule has 1 saturated carbocycles. The summed E-state index contributed by atoms with van der Waals surface area (Å²) in [6.07, 6.45) is 2.22. The van der Waals surface area contributed by atoms with Gasteiger partial charge in [-0.2, -0.15) is 0 Å². The third kappa shape index (κ3) is 5.20. The second-order valence-corrected chi connectivity index (χ2v) is 9.07. The summed E-state index contributed by atoms with van der Waals surface area (Å²) in [6.45, 7) is 4.47. The molecule has 5 rings (SSSR count). The first-order valence-corrected chi connectivity index (χ1v) is 11.4. The molecular weight excluding hydrogens is 419 g/mol. The van der Waals surface area contributed by atoms with Crippen LogP contribution in [0.2, 0.25) is 0 Å². The van der Waals surface area contributed by atoms with Gasteiger partial charge < -0.3 is 10.1 Å². The van der Waals surface area contributed by atoms with E-state index < -0.39 is 0 Å². The van der Waals surface area contributed by atoms with Crippen LogP contribution in [0.15, 0.2) is 60.7 Å². The summed E-state index contributed by atoms with van der Waals surface area (Å²) in [6, 6.07) is 18.1. The van der Waals surface area contributed by atoms with E-state index in [9.17, 15) is 9.18 Å². The Morgan fingerprint density at radius 1 is 1.00 bits per heavy atom. The predicted octanol–water partition coefficient (Wildman–Crippen LogP) is 4.53. The topological polar surface area (TPSA) is 67.3 Å². The van der Waals surface area contributed by atoms with Gasteiger partial charge in [0.2, 0.25) is 11.8 Å². The maximum absolute atomic E-state index is 13.1. The number of hydrogen-bond acceptors (Lipinski definition) is 5. The lowest BCUT2D eigenvalue weighted by Crippen LogP contribution is -2.24. The van der Waals surface area contributed by atoms with E-state index in [1.54, 1.807) is 0 Å². The Hall–Kier alpha value is -3.32. The van der Waals surface area contributed by atoms with Crippen LogP contribution in [-0.2, 0) is 11.3 Å². The Morgan fingerprint density at radius 2 is 1.70 bits per heavy atom. The van der Waals surface area contributed by atoms with Gasteiger partial charge in [0, 0.05) is 43.9 Å². The molecule has 3 aromatic rings. The van der Waals surface area contributed by atoms with E-state index in [2.05, 4.69) is 20.4 Å². The smallest absolute Gasteiger partial charge is 0.233 e. The fourth-order valence-corrected chi connectivity index (χ4v) is 5.05. The number of amides is 1. The van der Waals surface area contributed by atoms with Crippen molar-refractivity contribution in [2.24, 2.45) is 11.8 Å². The number of nitrogens with one attached hydrogen (secondary N) is 1. The van der Waals surface area contributed by atoms with Gasteiger partial charge in [0.25, 0.3) is 0 Å². The largest absolute Gasteiger partial charge is 0.473 e. The molecular formula is C26H27FN4O2. The summed E-state index contributed by atoms with van der Waals surface area (Å²) in [4.78, 5) is 13.6. The van der Waals surface area contributed by atoms with Crippen molar-refractivity contribution in [3.05, 3.63) is 72.0 Å². The van der Waals surface area contributed by atoms with Gasteiger partial charge in [-0.05, 0) is 60.6 Å². The first-order chi connectivity index (χ1) is 16.0. The van der Waals surface area contributed by atoms with Gasteiger partial charge in [-0.25, -0.2) is 4.39 Å².